The Bertz CT molecular complexity index is 205. The van der Waals surface area contributed by atoms with Gasteiger partial charge < -0.3 is 0 Å². The number of rotatable bonds is 3. The Kier molecular flexibility index (Phi) is 3.46. The summed E-state index contributed by atoms with van der Waals surface area (Å²) in [5, 5.41) is 10.2. The van der Waals surface area contributed by atoms with Crippen molar-refractivity contribution in [2.75, 3.05) is 12.9 Å². The maximum atomic E-state index is 10.2. The van der Waals surface area contributed by atoms with Crippen molar-refractivity contribution in [1.29, 1.82) is 0 Å². The summed E-state index contributed by atoms with van der Waals surface area (Å²) in [5.74, 6) is 0. The molecular weight excluding hydrogens is 156 g/mol. The third-order valence-electron chi connectivity index (χ3n) is 1.55. The quantitative estimate of drug-likeness (QED) is 0.633. The molecule has 1 nitrogen and oxygen atoms in total. The first-order chi connectivity index (χ1) is 5.36. The van der Waals surface area contributed by atoms with Crippen molar-refractivity contribution in [3.63, 3.8) is 0 Å². The van der Waals surface area contributed by atoms with Crippen molar-refractivity contribution in [3.8, 4) is 0 Å². The predicted molar refractivity (Wildman–Crippen MR) is 47.5 cm³/mol. The fraction of sp³-hybridized carbons (Fsp3) is 0.333. The number of hydrogen-bond acceptors (Lipinski definition) is 1. The van der Waals surface area contributed by atoms with E-state index in [0.717, 1.165) is 5.56 Å². The van der Waals surface area contributed by atoms with E-state index in [1.807, 2.05) is 18.4 Å². The van der Waals surface area contributed by atoms with Gasteiger partial charge >= 0.3 is 0 Å². The molecule has 0 heterocycles. The molecule has 0 aliphatic rings. The highest BCUT2D eigenvalue weighted by Gasteiger charge is 1.92. The zero-order valence-electron chi connectivity index (χ0n) is 6.54. The van der Waals surface area contributed by atoms with Gasteiger partial charge in [-0.25, -0.2) is 5.11 Å². The molecule has 0 saturated heterocycles. The van der Waals surface area contributed by atoms with Crippen LogP contribution in [0.25, 0.3) is 0 Å². The summed E-state index contributed by atoms with van der Waals surface area (Å²) in [6.07, 6.45) is 2.69. The largest absolute Gasteiger partial charge is 0.236 e. The van der Waals surface area contributed by atoms with Crippen LogP contribution in [0.2, 0.25) is 0 Å². The monoisotopic (exact) mass is 167 g/mol. The standard InChI is InChI=1S/C9H11OS/c1-11-9-4-2-8(3-5-9)6-7-10/h2-5H,6-7H2,1H3. The maximum absolute atomic E-state index is 10.2. The molecule has 11 heavy (non-hydrogen) atoms. The zero-order valence-corrected chi connectivity index (χ0v) is 7.36. The fourth-order valence-electron chi connectivity index (χ4n) is 0.910. The highest BCUT2D eigenvalue weighted by molar-refractivity contribution is 7.98. The van der Waals surface area contributed by atoms with Gasteiger partial charge in [-0.3, -0.25) is 0 Å². The van der Waals surface area contributed by atoms with Crippen molar-refractivity contribution in [1.82, 2.24) is 0 Å². The van der Waals surface area contributed by atoms with Gasteiger partial charge in [0.1, 0.15) is 0 Å². The number of benzene rings is 1. The van der Waals surface area contributed by atoms with E-state index in [9.17, 15) is 5.11 Å². The maximum Gasteiger partial charge on any atom is 0.0862 e. The Morgan fingerprint density at radius 2 is 1.91 bits per heavy atom. The SMILES string of the molecule is CSc1ccc(CC[O])cc1. The minimum Gasteiger partial charge on any atom is -0.236 e. The summed E-state index contributed by atoms with van der Waals surface area (Å²) in [6.45, 7) is -0.0153. The summed E-state index contributed by atoms with van der Waals surface area (Å²) in [7, 11) is 0. The summed E-state index contributed by atoms with van der Waals surface area (Å²) >= 11 is 1.72. The second-order valence-corrected chi connectivity index (χ2v) is 3.18. The minimum absolute atomic E-state index is 0.0153. The van der Waals surface area contributed by atoms with Gasteiger partial charge in [-0.1, -0.05) is 12.1 Å². The molecule has 1 radical (unpaired) electrons. The molecule has 59 valence electrons. The van der Waals surface area contributed by atoms with E-state index in [1.165, 1.54) is 4.90 Å². The fourth-order valence-corrected chi connectivity index (χ4v) is 1.32. The molecule has 0 aromatic heterocycles. The number of hydrogen-bond donors (Lipinski definition) is 0. The smallest absolute Gasteiger partial charge is 0.0862 e. The van der Waals surface area contributed by atoms with Crippen molar-refractivity contribution >= 4 is 11.8 Å². The molecule has 1 aromatic rings. The van der Waals surface area contributed by atoms with Crippen molar-refractivity contribution in [3.05, 3.63) is 29.8 Å². The zero-order chi connectivity index (χ0) is 8.10. The first-order valence-electron chi connectivity index (χ1n) is 3.58. The van der Waals surface area contributed by atoms with Gasteiger partial charge in [0.15, 0.2) is 0 Å². The Morgan fingerprint density at radius 3 is 2.36 bits per heavy atom. The molecule has 0 spiro atoms. The predicted octanol–water partition coefficient (Wildman–Crippen LogP) is 2.38. The molecule has 1 aromatic carbocycles. The van der Waals surface area contributed by atoms with E-state index in [-0.39, 0.29) is 6.61 Å². The summed E-state index contributed by atoms with van der Waals surface area (Å²) in [5.41, 5.74) is 1.14. The van der Waals surface area contributed by atoms with Gasteiger partial charge in [0.25, 0.3) is 0 Å². The van der Waals surface area contributed by atoms with E-state index in [0.29, 0.717) is 6.42 Å². The first-order valence-corrected chi connectivity index (χ1v) is 4.80. The van der Waals surface area contributed by atoms with Crippen molar-refractivity contribution in [2.24, 2.45) is 0 Å². The average molecular weight is 167 g/mol. The third-order valence-corrected chi connectivity index (χ3v) is 2.29. The Hall–Kier alpha value is -0.470. The van der Waals surface area contributed by atoms with Crippen LogP contribution < -0.4 is 0 Å². The van der Waals surface area contributed by atoms with Gasteiger partial charge in [0, 0.05) is 4.90 Å². The summed E-state index contributed by atoms with van der Waals surface area (Å²) < 4.78 is 0. The molecule has 0 aliphatic heterocycles. The van der Waals surface area contributed by atoms with Gasteiger partial charge in [-0.15, -0.1) is 11.8 Å². The lowest BCUT2D eigenvalue weighted by Gasteiger charge is -1.98. The van der Waals surface area contributed by atoms with Gasteiger partial charge in [-0.2, -0.15) is 0 Å². The van der Waals surface area contributed by atoms with E-state index in [1.54, 1.807) is 11.8 Å². The van der Waals surface area contributed by atoms with Crippen LogP contribution in [0.5, 0.6) is 0 Å². The average Bonchev–Trinajstić information content (AvgIpc) is 2.07. The van der Waals surface area contributed by atoms with Crippen LogP contribution in [0.1, 0.15) is 5.56 Å². The normalized spacial score (nSPS) is 10.0. The lowest BCUT2D eigenvalue weighted by Crippen LogP contribution is -1.87. The molecule has 0 fully saturated rings. The summed E-state index contributed by atoms with van der Waals surface area (Å²) in [6, 6.07) is 8.14. The van der Waals surface area contributed by atoms with Crippen molar-refractivity contribution < 1.29 is 5.11 Å². The van der Waals surface area contributed by atoms with Crippen LogP contribution >= 0.6 is 11.8 Å². The molecule has 0 atom stereocenters. The Morgan fingerprint density at radius 1 is 1.27 bits per heavy atom. The Labute approximate surface area is 71.4 Å². The van der Waals surface area contributed by atoms with E-state index >= 15 is 0 Å². The Balaban J connectivity index is 2.66. The van der Waals surface area contributed by atoms with Crippen LogP contribution in [0, 0.1) is 0 Å². The van der Waals surface area contributed by atoms with E-state index in [2.05, 4.69) is 12.1 Å². The lowest BCUT2D eigenvalue weighted by atomic mass is 10.2. The molecule has 2 heteroatoms. The lowest BCUT2D eigenvalue weighted by molar-refractivity contribution is 0.197. The van der Waals surface area contributed by atoms with E-state index in [4.69, 9.17) is 0 Å². The van der Waals surface area contributed by atoms with Crippen LogP contribution in [0.4, 0.5) is 0 Å². The second-order valence-electron chi connectivity index (χ2n) is 2.30. The van der Waals surface area contributed by atoms with Gasteiger partial charge in [-0.05, 0) is 30.4 Å². The highest BCUT2D eigenvalue weighted by Crippen LogP contribution is 2.14. The topological polar surface area (TPSA) is 19.9 Å². The van der Waals surface area contributed by atoms with Crippen LogP contribution in [0.3, 0.4) is 0 Å². The van der Waals surface area contributed by atoms with Gasteiger partial charge in [0.05, 0.1) is 6.61 Å². The number of thioether (sulfide) groups is 1. The molecule has 0 amide bonds. The molecule has 0 unspecified atom stereocenters. The molecule has 1 rings (SSSR count). The molecular formula is C9H11OS. The third kappa shape index (κ3) is 2.56. The van der Waals surface area contributed by atoms with Crippen LogP contribution in [0.15, 0.2) is 29.2 Å². The molecule has 0 saturated carbocycles. The van der Waals surface area contributed by atoms with Gasteiger partial charge in [0.2, 0.25) is 0 Å². The van der Waals surface area contributed by atoms with Crippen LogP contribution in [-0.4, -0.2) is 12.9 Å². The molecule has 0 bridgehead atoms. The molecule has 0 N–H and O–H groups in total. The summed E-state index contributed by atoms with van der Waals surface area (Å²) in [4.78, 5) is 1.25. The first kappa shape index (κ1) is 8.62. The molecule has 0 aliphatic carbocycles. The minimum atomic E-state index is -0.0153. The highest BCUT2D eigenvalue weighted by atomic mass is 32.2. The second kappa shape index (κ2) is 4.42. The van der Waals surface area contributed by atoms with Crippen LogP contribution in [-0.2, 0) is 11.5 Å². The van der Waals surface area contributed by atoms with E-state index < -0.39 is 0 Å². The van der Waals surface area contributed by atoms with Crippen molar-refractivity contribution in [2.45, 2.75) is 11.3 Å².